The van der Waals surface area contributed by atoms with E-state index in [2.05, 4.69) is 4.98 Å². The van der Waals surface area contributed by atoms with Gasteiger partial charge in [-0.25, -0.2) is 9.78 Å². The smallest absolute Gasteiger partial charge is 0.338 e. The summed E-state index contributed by atoms with van der Waals surface area (Å²) < 4.78 is 5.42. The maximum atomic E-state index is 12.3. The number of fused-ring (bicyclic) bond motifs is 1. The normalized spacial score (nSPS) is 10.9. The Morgan fingerprint density at radius 2 is 1.92 bits per heavy atom. The highest BCUT2D eigenvalue weighted by Crippen LogP contribution is 2.25. The van der Waals surface area contributed by atoms with Crippen LogP contribution in [0.5, 0.6) is 0 Å². The number of benzene rings is 2. The van der Waals surface area contributed by atoms with Crippen molar-refractivity contribution in [1.82, 2.24) is 4.98 Å². The van der Waals surface area contributed by atoms with Crippen LogP contribution in [0, 0.1) is 13.8 Å². The predicted octanol–water partition coefficient (Wildman–Crippen LogP) is 5.58. The Morgan fingerprint density at radius 3 is 2.64 bits per heavy atom. The second-order valence-corrected chi connectivity index (χ2v) is 7.11. The fourth-order valence-electron chi connectivity index (χ4n) is 2.49. The molecule has 0 aliphatic rings. The number of nitrogens with zero attached hydrogens (tertiary/aromatic N) is 1. The molecule has 25 heavy (non-hydrogen) atoms. The average Bonchev–Trinajstić information content (AvgIpc) is 2.61. The van der Waals surface area contributed by atoms with Crippen LogP contribution in [-0.2, 0) is 11.3 Å². The number of esters is 1. The molecule has 0 N–H and O–H groups in total. The van der Waals surface area contributed by atoms with Gasteiger partial charge in [-0.2, -0.15) is 0 Å². The maximum Gasteiger partial charge on any atom is 0.338 e. The molecule has 0 radical (unpaired) electrons. The van der Waals surface area contributed by atoms with Crippen LogP contribution in [0.4, 0.5) is 0 Å². The van der Waals surface area contributed by atoms with Crippen LogP contribution in [0.3, 0.4) is 0 Å². The van der Waals surface area contributed by atoms with E-state index in [-0.39, 0.29) is 12.6 Å². The molecule has 0 saturated carbocycles. The van der Waals surface area contributed by atoms with E-state index in [4.69, 9.17) is 16.3 Å². The SMILES string of the molecule is CSc1ccc2cc(COC(=O)c3ccc(C)c(C)c3)c(Cl)nc2c1. The Labute approximate surface area is 156 Å². The highest BCUT2D eigenvalue weighted by Gasteiger charge is 2.11. The summed E-state index contributed by atoms with van der Waals surface area (Å²) in [6, 6.07) is 13.5. The molecule has 0 spiro atoms. The predicted molar refractivity (Wildman–Crippen MR) is 104 cm³/mol. The number of halogens is 1. The minimum absolute atomic E-state index is 0.0950. The van der Waals surface area contributed by atoms with Gasteiger partial charge in [0.1, 0.15) is 11.8 Å². The van der Waals surface area contributed by atoms with Crippen molar-refractivity contribution in [2.24, 2.45) is 0 Å². The van der Waals surface area contributed by atoms with E-state index in [0.717, 1.165) is 26.9 Å². The minimum atomic E-state index is -0.364. The van der Waals surface area contributed by atoms with E-state index in [1.165, 1.54) is 0 Å². The number of hydrogen-bond donors (Lipinski definition) is 0. The molecule has 1 heterocycles. The molecule has 3 rings (SSSR count). The molecule has 0 unspecified atom stereocenters. The largest absolute Gasteiger partial charge is 0.457 e. The van der Waals surface area contributed by atoms with Crippen LogP contribution in [0.2, 0.25) is 5.15 Å². The second kappa shape index (κ2) is 7.46. The number of thioether (sulfide) groups is 1. The average molecular weight is 372 g/mol. The van der Waals surface area contributed by atoms with Gasteiger partial charge in [0.25, 0.3) is 0 Å². The van der Waals surface area contributed by atoms with Gasteiger partial charge in [-0.3, -0.25) is 0 Å². The van der Waals surface area contributed by atoms with Gasteiger partial charge in [0.15, 0.2) is 0 Å². The summed E-state index contributed by atoms with van der Waals surface area (Å²) in [6.07, 6.45) is 2.02. The minimum Gasteiger partial charge on any atom is -0.457 e. The topological polar surface area (TPSA) is 39.2 Å². The summed E-state index contributed by atoms with van der Waals surface area (Å²) in [4.78, 5) is 17.8. The molecule has 5 heteroatoms. The standard InChI is InChI=1S/C20H18ClNO2S/c1-12-4-5-15(8-13(12)2)20(23)24-11-16-9-14-6-7-17(25-3)10-18(14)22-19(16)21/h4-10H,11H2,1-3H3. The van der Waals surface area contributed by atoms with Crippen LogP contribution < -0.4 is 0 Å². The lowest BCUT2D eigenvalue weighted by Gasteiger charge is -2.09. The van der Waals surface area contributed by atoms with Crippen LogP contribution in [0.25, 0.3) is 10.9 Å². The third kappa shape index (κ3) is 3.97. The number of pyridine rings is 1. The molecular weight excluding hydrogens is 354 g/mol. The molecule has 0 atom stereocenters. The van der Waals surface area contributed by atoms with Gasteiger partial charge in [0.05, 0.1) is 11.1 Å². The van der Waals surface area contributed by atoms with Crippen molar-refractivity contribution in [3.63, 3.8) is 0 Å². The van der Waals surface area contributed by atoms with Crippen molar-refractivity contribution in [2.75, 3.05) is 6.26 Å². The van der Waals surface area contributed by atoms with Gasteiger partial charge < -0.3 is 4.74 Å². The van der Waals surface area contributed by atoms with Crippen LogP contribution in [-0.4, -0.2) is 17.2 Å². The maximum absolute atomic E-state index is 12.3. The van der Waals surface area contributed by atoms with Gasteiger partial charge in [-0.1, -0.05) is 23.7 Å². The van der Waals surface area contributed by atoms with E-state index in [9.17, 15) is 4.79 Å². The first-order valence-electron chi connectivity index (χ1n) is 7.85. The Hall–Kier alpha value is -2.04. The van der Waals surface area contributed by atoms with E-state index >= 15 is 0 Å². The lowest BCUT2D eigenvalue weighted by molar-refractivity contribution is 0.0472. The van der Waals surface area contributed by atoms with Crippen LogP contribution >= 0.6 is 23.4 Å². The van der Waals surface area contributed by atoms with E-state index < -0.39 is 0 Å². The van der Waals surface area contributed by atoms with Gasteiger partial charge in [0, 0.05) is 15.8 Å². The summed E-state index contributed by atoms with van der Waals surface area (Å²) in [5, 5.41) is 1.33. The van der Waals surface area contributed by atoms with Crippen molar-refractivity contribution < 1.29 is 9.53 Å². The molecule has 0 saturated heterocycles. The lowest BCUT2D eigenvalue weighted by atomic mass is 10.1. The number of hydrogen-bond acceptors (Lipinski definition) is 4. The molecule has 3 nitrogen and oxygen atoms in total. The van der Waals surface area contributed by atoms with E-state index in [0.29, 0.717) is 16.3 Å². The van der Waals surface area contributed by atoms with Crippen molar-refractivity contribution in [3.8, 4) is 0 Å². The van der Waals surface area contributed by atoms with Crippen molar-refractivity contribution in [1.29, 1.82) is 0 Å². The number of rotatable bonds is 4. The Kier molecular flexibility index (Phi) is 5.30. The van der Waals surface area contributed by atoms with E-state index in [1.54, 1.807) is 17.8 Å². The first kappa shape index (κ1) is 17.8. The molecule has 2 aromatic carbocycles. The number of carbonyl (C=O) groups excluding carboxylic acids is 1. The van der Waals surface area contributed by atoms with Gasteiger partial charge in [-0.05, 0) is 61.6 Å². The molecule has 0 aliphatic carbocycles. The first-order chi connectivity index (χ1) is 12.0. The zero-order valence-corrected chi connectivity index (χ0v) is 15.9. The number of aryl methyl sites for hydroxylation is 2. The summed E-state index contributed by atoms with van der Waals surface area (Å²) in [5.41, 5.74) is 4.27. The van der Waals surface area contributed by atoms with Gasteiger partial charge >= 0.3 is 5.97 Å². The Morgan fingerprint density at radius 1 is 1.12 bits per heavy atom. The monoisotopic (exact) mass is 371 g/mol. The van der Waals surface area contributed by atoms with Crippen molar-refractivity contribution >= 4 is 40.2 Å². The molecule has 128 valence electrons. The van der Waals surface area contributed by atoms with Crippen molar-refractivity contribution in [2.45, 2.75) is 25.3 Å². The van der Waals surface area contributed by atoms with E-state index in [1.807, 2.05) is 56.5 Å². The molecule has 1 aromatic heterocycles. The summed E-state index contributed by atoms with van der Waals surface area (Å²) in [7, 11) is 0. The fraction of sp³-hybridized carbons (Fsp3) is 0.200. The third-order valence-electron chi connectivity index (χ3n) is 4.15. The van der Waals surface area contributed by atoms with Crippen LogP contribution in [0.1, 0.15) is 27.0 Å². The van der Waals surface area contributed by atoms with Gasteiger partial charge in [0.2, 0.25) is 0 Å². The summed E-state index contributed by atoms with van der Waals surface area (Å²) in [6.45, 7) is 4.07. The fourth-order valence-corrected chi connectivity index (χ4v) is 3.12. The summed E-state index contributed by atoms with van der Waals surface area (Å²) in [5.74, 6) is -0.364. The molecular formula is C20H18ClNO2S. The Balaban J connectivity index is 1.79. The quantitative estimate of drug-likeness (QED) is 0.340. The zero-order valence-electron chi connectivity index (χ0n) is 14.3. The second-order valence-electron chi connectivity index (χ2n) is 5.87. The molecule has 0 amide bonds. The number of carbonyl (C=O) groups is 1. The third-order valence-corrected chi connectivity index (χ3v) is 5.20. The number of aromatic nitrogens is 1. The number of ether oxygens (including phenoxy) is 1. The lowest BCUT2D eigenvalue weighted by Crippen LogP contribution is -2.06. The molecule has 0 aliphatic heterocycles. The summed E-state index contributed by atoms with van der Waals surface area (Å²) >= 11 is 7.92. The first-order valence-corrected chi connectivity index (χ1v) is 9.46. The van der Waals surface area contributed by atoms with Crippen molar-refractivity contribution in [3.05, 3.63) is 69.9 Å². The molecule has 0 bridgehead atoms. The van der Waals surface area contributed by atoms with Gasteiger partial charge in [-0.15, -0.1) is 11.8 Å². The Bertz CT molecular complexity index is 956. The zero-order chi connectivity index (χ0) is 18.0. The van der Waals surface area contributed by atoms with Crippen LogP contribution in [0.15, 0.2) is 47.4 Å². The molecule has 0 fully saturated rings. The highest BCUT2D eigenvalue weighted by atomic mass is 35.5. The highest BCUT2D eigenvalue weighted by molar-refractivity contribution is 7.98. The molecule has 3 aromatic rings.